The van der Waals surface area contributed by atoms with E-state index in [4.69, 9.17) is 5.11 Å². The first-order valence-corrected chi connectivity index (χ1v) is 5.12. The maximum absolute atomic E-state index is 12.4. The molecule has 0 radical (unpaired) electrons. The van der Waals surface area contributed by atoms with Crippen molar-refractivity contribution in [1.29, 1.82) is 0 Å². The van der Waals surface area contributed by atoms with Crippen molar-refractivity contribution in [2.75, 3.05) is 13.7 Å². The van der Waals surface area contributed by atoms with Crippen LogP contribution in [-0.4, -0.2) is 65.3 Å². The Balaban J connectivity index is 4.51. The van der Waals surface area contributed by atoms with E-state index in [-0.39, 0.29) is 0 Å². The summed E-state index contributed by atoms with van der Waals surface area (Å²) in [5.74, 6) is -1.78. The number of carbonyl (C=O) groups excluding carboxylic acids is 1. The van der Waals surface area contributed by atoms with Gasteiger partial charge in [-0.15, -0.1) is 0 Å². The number of methoxy groups -OCH3 is 1. The third-order valence-corrected chi connectivity index (χ3v) is 2.39. The lowest BCUT2D eigenvalue weighted by atomic mass is 10.0. The lowest BCUT2D eigenvalue weighted by Crippen LogP contribution is -2.56. The Morgan fingerprint density at radius 1 is 1.44 bits per heavy atom. The molecular weight excluding hydrogens is 254 g/mol. The Morgan fingerprint density at radius 3 is 2.28 bits per heavy atom. The average Bonchev–Trinajstić information content (AvgIpc) is 2.27. The Kier molecular flexibility index (Phi) is 6.57. The number of rotatable bonds is 7. The van der Waals surface area contributed by atoms with Crippen molar-refractivity contribution in [1.82, 2.24) is 5.32 Å². The van der Waals surface area contributed by atoms with Gasteiger partial charge in [0.25, 0.3) is 0 Å². The molecule has 0 aliphatic heterocycles. The fourth-order valence-electron chi connectivity index (χ4n) is 1.23. The zero-order chi connectivity index (χ0) is 14.5. The molecule has 0 fully saturated rings. The van der Waals surface area contributed by atoms with Crippen molar-refractivity contribution < 1.29 is 33.6 Å². The van der Waals surface area contributed by atoms with Crippen LogP contribution < -0.4 is 11.1 Å². The molecule has 18 heavy (non-hydrogen) atoms. The summed E-state index contributed by atoms with van der Waals surface area (Å²) in [6.45, 7) is 0.615. The van der Waals surface area contributed by atoms with Crippen LogP contribution in [0.3, 0.4) is 0 Å². The molecule has 0 saturated heterocycles. The van der Waals surface area contributed by atoms with Gasteiger partial charge in [-0.3, -0.25) is 10.5 Å². The molecule has 1 amide bonds. The van der Waals surface area contributed by atoms with Crippen LogP contribution in [0.4, 0.5) is 8.78 Å². The van der Waals surface area contributed by atoms with Gasteiger partial charge in [0, 0.05) is 7.11 Å². The van der Waals surface area contributed by atoms with Gasteiger partial charge in [-0.05, 0) is 6.92 Å². The summed E-state index contributed by atoms with van der Waals surface area (Å²) in [7, 11) is 1.19. The molecule has 0 aromatic heterocycles. The summed E-state index contributed by atoms with van der Waals surface area (Å²) in [4.78, 5) is 10.9. The molecule has 0 aliphatic carbocycles. The molecule has 0 aromatic rings. The molecule has 0 heterocycles. The van der Waals surface area contributed by atoms with Crippen LogP contribution in [0.1, 0.15) is 6.92 Å². The number of carbonyl (C=O) groups is 1. The second-order valence-electron chi connectivity index (χ2n) is 3.82. The lowest BCUT2D eigenvalue weighted by Gasteiger charge is -2.29. The summed E-state index contributed by atoms with van der Waals surface area (Å²) in [5.41, 5.74) is 4.26. The Bertz CT molecular complexity index is 270. The van der Waals surface area contributed by atoms with E-state index in [2.05, 4.69) is 10.5 Å². The van der Waals surface area contributed by atoms with Crippen LogP contribution in [0.5, 0.6) is 0 Å². The molecule has 4 unspecified atom stereocenters. The van der Waals surface area contributed by atoms with Gasteiger partial charge in [0.2, 0.25) is 0 Å². The first kappa shape index (κ1) is 17.1. The molecule has 6 N–H and O–H groups in total. The highest BCUT2D eigenvalue weighted by molar-refractivity contribution is 5.82. The van der Waals surface area contributed by atoms with Crippen LogP contribution in [0.25, 0.3) is 0 Å². The standard InChI is InChI=1S/C9H18F2N2O5/c1-4(13-8(17)9(10,11)12)6(15)7(16)5(3-14)18-2/h4-7,14-16H,3,12H2,1-2H3,(H,13,17). The van der Waals surface area contributed by atoms with E-state index < -0.39 is 42.9 Å². The normalized spacial score (nSPS) is 18.9. The van der Waals surface area contributed by atoms with E-state index in [0.29, 0.717) is 0 Å². The molecule has 0 aliphatic rings. The second-order valence-corrected chi connectivity index (χ2v) is 3.82. The minimum atomic E-state index is -4.07. The highest BCUT2D eigenvalue weighted by atomic mass is 19.3. The quantitative estimate of drug-likeness (QED) is 0.334. The van der Waals surface area contributed by atoms with Crippen LogP contribution in [0, 0.1) is 0 Å². The second kappa shape index (κ2) is 6.90. The fraction of sp³-hybridized carbons (Fsp3) is 0.889. The molecule has 0 spiro atoms. The number of nitrogens with one attached hydrogen (secondary N) is 1. The number of ether oxygens (including phenoxy) is 1. The summed E-state index contributed by atoms with van der Waals surface area (Å²) < 4.78 is 29.4. The highest BCUT2D eigenvalue weighted by Gasteiger charge is 2.37. The van der Waals surface area contributed by atoms with E-state index >= 15 is 0 Å². The van der Waals surface area contributed by atoms with Crippen LogP contribution in [0.2, 0.25) is 0 Å². The van der Waals surface area contributed by atoms with Crippen LogP contribution in [0.15, 0.2) is 0 Å². The third-order valence-electron chi connectivity index (χ3n) is 2.39. The van der Waals surface area contributed by atoms with E-state index in [1.165, 1.54) is 14.0 Å². The molecular formula is C9H18F2N2O5. The van der Waals surface area contributed by atoms with Crippen molar-refractivity contribution in [3.05, 3.63) is 0 Å². The lowest BCUT2D eigenvalue weighted by molar-refractivity contribution is -0.148. The summed E-state index contributed by atoms with van der Waals surface area (Å²) in [6.07, 6.45) is -4.26. The Hall–Kier alpha value is -0.870. The monoisotopic (exact) mass is 272 g/mol. The summed E-state index contributed by atoms with van der Waals surface area (Å²) in [5, 5.41) is 29.7. The zero-order valence-corrected chi connectivity index (χ0v) is 10.0. The molecule has 108 valence electrons. The van der Waals surface area contributed by atoms with Crippen molar-refractivity contribution in [2.45, 2.75) is 37.3 Å². The number of aliphatic hydroxyl groups is 3. The van der Waals surface area contributed by atoms with Crippen molar-refractivity contribution >= 4 is 5.91 Å². The van der Waals surface area contributed by atoms with Gasteiger partial charge < -0.3 is 25.4 Å². The van der Waals surface area contributed by atoms with E-state index in [1.807, 2.05) is 0 Å². The molecule has 0 bridgehead atoms. The zero-order valence-electron chi connectivity index (χ0n) is 10.0. The topological polar surface area (TPSA) is 125 Å². The first-order valence-electron chi connectivity index (χ1n) is 5.12. The molecule has 0 aromatic carbocycles. The van der Waals surface area contributed by atoms with Gasteiger partial charge in [0.1, 0.15) is 18.3 Å². The van der Waals surface area contributed by atoms with Crippen LogP contribution in [-0.2, 0) is 9.53 Å². The largest absolute Gasteiger partial charge is 0.394 e. The van der Waals surface area contributed by atoms with E-state index in [1.54, 1.807) is 5.32 Å². The van der Waals surface area contributed by atoms with Gasteiger partial charge >= 0.3 is 12.0 Å². The van der Waals surface area contributed by atoms with Crippen molar-refractivity contribution in [3.8, 4) is 0 Å². The molecule has 9 heteroatoms. The van der Waals surface area contributed by atoms with Gasteiger partial charge in [-0.2, -0.15) is 8.78 Å². The minimum Gasteiger partial charge on any atom is -0.394 e. The number of aliphatic hydroxyl groups excluding tert-OH is 3. The molecule has 0 rings (SSSR count). The maximum Gasteiger partial charge on any atom is 0.378 e. The van der Waals surface area contributed by atoms with Gasteiger partial charge in [0.05, 0.1) is 12.6 Å². The molecule has 7 nitrogen and oxygen atoms in total. The SMILES string of the molecule is COC(CO)C(O)C(O)C(C)NC(=O)C(N)(F)F. The Labute approximate surface area is 103 Å². The van der Waals surface area contributed by atoms with E-state index in [9.17, 15) is 23.8 Å². The molecule has 4 atom stereocenters. The number of alkyl halides is 2. The number of halogens is 2. The van der Waals surface area contributed by atoms with Gasteiger partial charge in [0.15, 0.2) is 0 Å². The predicted octanol–water partition coefficient (Wildman–Crippen LogP) is -2.23. The number of hydrogen-bond donors (Lipinski definition) is 5. The van der Waals surface area contributed by atoms with Crippen LogP contribution >= 0.6 is 0 Å². The molecule has 0 saturated carbocycles. The van der Waals surface area contributed by atoms with Gasteiger partial charge in [-0.1, -0.05) is 0 Å². The van der Waals surface area contributed by atoms with Crippen molar-refractivity contribution in [3.63, 3.8) is 0 Å². The van der Waals surface area contributed by atoms with E-state index in [0.717, 1.165) is 0 Å². The van der Waals surface area contributed by atoms with Crippen molar-refractivity contribution in [2.24, 2.45) is 5.73 Å². The summed E-state index contributed by atoms with van der Waals surface area (Å²) in [6, 6.07) is -5.28. The maximum atomic E-state index is 12.4. The third kappa shape index (κ3) is 4.78. The highest BCUT2D eigenvalue weighted by Crippen LogP contribution is 2.09. The van der Waals surface area contributed by atoms with Gasteiger partial charge in [-0.25, -0.2) is 0 Å². The summed E-state index contributed by atoms with van der Waals surface area (Å²) >= 11 is 0. The first-order chi connectivity index (χ1) is 8.15. The minimum absolute atomic E-state index is 0.581. The predicted molar refractivity (Wildman–Crippen MR) is 56.6 cm³/mol. The smallest absolute Gasteiger partial charge is 0.378 e. The average molecular weight is 272 g/mol. The Morgan fingerprint density at radius 2 is 1.94 bits per heavy atom. The number of amides is 1. The fourth-order valence-corrected chi connectivity index (χ4v) is 1.23. The number of nitrogens with two attached hydrogens (primary N) is 1. The number of hydrogen-bond acceptors (Lipinski definition) is 6.